The van der Waals surface area contributed by atoms with Crippen molar-refractivity contribution >= 4 is 22.4 Å². The molecule has 4 heteroatoms. The standard InChI is InChI=1S/C30H39NO3/c1-9-10-17-31-26-22-14-12-11-13-20(22)15-16-23(26)28(32)34-27-24(29(2,3)4)18-21(33-8)19-25(27)30(5,6)7/h11-16,18-19,31H,9-10,17H2,1-8H3. The van der Waals surface area contributed by atoms with E-state index in [1.54, 1.807) is 7.11 Å². The Labute approximate surface area is 204 Å². The van der Waals surface area contributed by atoms with Gasteiger partial charge in [-0.3, -0.25) is 0 Å². The van der Waals surface area contributed by atoms with Crippen molar-refractivity contribution in [3.63, 3.8) is 0 Å². The summed E-state index contributed by atoms with van der Waals surface area (Å²) in [6.45, 7) is 15.7. The first-order chi connectivity index (χ1) is 16.0. The molecule has 0 aromatic heterocycles. The van der Waals surface area contributed by atoms with E-state index in [1.165, 1.54) is 0 Å². The van der Waals surface area contributed by atoms with Crippen LogP contribution in [0.2, 0.25) is 0 Å². The average Bonchev–Trinajstić information content (AvgIpc) is 2.77. The third-order valence-electron chi connectivity index (χ3n) is 6.09. The third kappa shape index (κ3) is 5.55. The van der Waals surface area contributed by atoms with Crippen LogP contribution in [0.1, 0.15) is 82.8 Å². The highest BCUT2D eigenvalue weighted by Gasteiger charge is 2.30. The molecule has 4 nitrogen and oxygen atoms in total. The first kappa shape index (κ1) is 25.6. The van der Waals surface area contributed by atoms with Crippen molar-refractivity contribution in [3.05, 3.63) is 65.2 Å². The molecule has 182 valence electrons. The van der Waals surface area contributed by atoms with Gasteiger partial charge in [0.1, 0.15) is 11.5 Å². The molecule has 0 aliphatic rings. The van der Waals surface area contributed by atoms with Gasteiger partial charge in [-0.1, -0.05) is 85.2 Å². The van der Waals surface area contributed by atoms with Crippen molar-refractivity contribution in [2.24, 2.45) is 0 Å². The quantitative estimate of drug-likeness (QED) is 0.221. The van der Waals surface area contributed by atoms with Crippen LogP contribution in [0, 0.1) is 0 Å². The van der Waals surface area contributed by atoms with Crippen LogP contribution in [-0.2, 0) is 10.8 Å². The highest BCUT2D eigenvalue weighted by Crippen LogP contribution is 2.43. The molecule has 3 aromatic rings. The number of rotatable bonds is 7. The number of carbonyl (C=O) groups excluding carboxylic acids is 1. The van der Waals surface area contributed by atoms with Crippen LogP contribution in [0.15, 0.2) is 48.5 Å². The molecule has 3 rings (SSSR count). The highest BCUT2D eigenvalue weighted by molar-refractivity contribution is 6.07. The number of hydrogen-bond donors (Lipinski definition) is 1. The summed E-state index contributed by atoms with van der Waals surface area (Å²) in [7, 11) is 1.67. The number of nitrogens with one attached hydrogen (secondary N) is 1. The van der Waals surface area contributed by atoms with Crippen molar-refractivity contribution in [2.75, 3.05) is 19.0 Å². The molecule has 0 aliphatic heterocycles. The van der Waals surface area contributed by atoms with Crippen LogP contribution in [0.4, 0.5) is 5.69 Å². The summed E-state index contributed by atoms with van der Waals surface area (Å²) in [5.41, 5.74) is 2.80. The van der Waals surface area contributed by atoms with Gasteiger partial charge in [-0.15, -0.1) is 0 Å². The molecular formula is C30H39NO3. The zero-order valence-electron chi connectivity index (χ0n) is 22.0. The van der Waals surface area contributed by atoms with E-state index < -0.39 is 0 Å². The number of esters is 1. The molecule has 0 amide bonds. The molecule has 0 fully saturated rings. The van der Waals surface area contributed by atoms with E-state index >= 15 is 0 Å². The topological polar surface area (TPSA) is 47.6 Å². The molecule has 0 spiro atoms. The summed E-state index contributed by atoms with van der Waals surface area (Å²) in [5.74, 6) is 1.03. The average molecular weight is 462 g/mol. The van der Waals surface area contributed by atoms with Gasteiger partial charge >= 0.3 is 5.97 Å². The van der Waals surface area contributed by atoms with Crippen molar-refractivity contribution in [1.29, 1.82) is 0 Å². The molecule has 0 radical (unpaired) electrons. The number of hydrogen-bond acceptors (Lipinski definition) is 4. The van der Waals surface area contributed by atoms with E-state index in [-0.39, 0.29) is 16.8 Å². The SMILES string of the molecule is CCCCNc1c(C(=O)Oc2c(C(C)(C)C)cc(OC)cc2C(C)(C)C)ccc2ccccc12. The molecule has 0 unspecified atom stereocenters. The predicted molar refractivity (Wildman–Crippen MR) is 143 cm³/mol. The number of anilines is 1. The van der Waals surface area contributed by atoms with Gasteiger partial charge in [0, 0.05) is 23.1 Å². The Morgan fingerprint density at radius 1 is 0.912 bits per heavy atom. The van der Waals surface area contributed by atoms with Gasteiger partial charge in [0.2, 0.25) is 0 Å². The van der Waals surface area contributed by atoms with E-state index in [0.717, 1.165) is 52.7 Å². The van der Waals surface area contributed by atoms with E-state index in [9.17, 15) is 4.79 Å². The minimum Gasteiger partial charge on any atom is -0.497 e. The van der Waals surface area contributed by atoms with Crippen molar-refractivity contribution in [1.82, 2.24) is 0 Å². The van der Waals surface area contributed by atoms with Gasteiger partial charge in [0.15, 0.2) is 0 Å². The fourth-order valence-electron chi connectivity index (χ4n) is 4.11. The number of fused-ring (bicyclic) bond motifs is 1. The summed E-state index contributed by atoms with van der Waals surface area (Å²) in [6, 6.07) is 16.0. The zero-order chi connectivity index (χ0) is 25.1. The Hall–Kier alpha value is -3.01. The lowest BCUT2D eigenvalue weighted by Gasteiger charge is -2.30. The van der Waals surface area contributed by atoms with Crippen LogP contribution in [-0.4, -0.2) is 19.6 Å². The Bertz CT molecular complexity index is 1130. The highest BCUT2D eigenvalue weighted by atomic mass is 16.5. The largest absolute Gasteiger partial charge is 0.497 e. The smallest absolute Gasteiger partial charge is 0.345 e. The van der Waals surface area contributed by atoms with Gasteiger partial charge in [-0.25, -0.2) is 4.79 Å². The van der Waals surface area contributed by atoms with Gasteiger partial charge in [-0.05, 0) is 40.8 Å². The first-order valence-electron chi connectivity index (χ1n) is 12.2. The number of carbonyl (C=O) groups is 1. The molecule has 0 atom stereocenters. The molecule has 1 N–H and O–H groups in total. The fraction of sp³-hybridized carbons (Fsp3) is 0.433. The van der Waals surface area contributed by atoms with E-state index in [2.05, 4.69) is 65.9 Å². The van der Waals surface area contributed by atoms with E-state index in [1.807, 2.05) is 36.4 Å². The Morgan fingerprint density at radius 2 is 1.53 bits per heavy atom. The van der Waals surface area contributed by atoms with Gasteiger partial charge in [0.05, 0.1) is 18.4 Å². The molecule has 34 heavy (non-hydrogen) atoms. The molecule has 3 aromatic carbocycles. The molecular weight excluding hydrogens is 422 g/mol. The Balaban J connectivity index is 2.15. The lowest BCUT2D eigenvalue weighted by Crippen LogP contribution is -2.22. The van der Waals surface area contributed by atoms with Crippen LogP contribution in [0.3, 0.4) is 0 Å². The van der Waals surface area contributed by atoms with Crippen molar-refractivity contribution < 1.29 is 14.3 Å². The molecule has 0 saturated carbocycles. The number of benzene rings is 3. The van der Waals surface area contributed by atoms with E-state index in [0.29, 0.717) is 11.3 Å². The normalized spacial score (nSPS) is 12.0. The van der Waals surface area contributed by atoms with Crippen molar-refractivity contribution in [2.45, 2.75) is 72.1 Å². The van der Waals surface area contributed by atoms with Gasteiger partial charge < -0.3 is 14.8 Å². The molecule has 0 aliphatic carbocycles. The maximum atomic E-state index is 13.7. The second-order valence-corrected chi connectivity index (χ2v) is 10.9. The van der Waals surface area contributed by atoms with Gasteiger partial charge in [-0.2, -0.15) is 0 Å². The Morgan fingerprint density at radius 3 is 2.09 bits per heavy atom. The second-order valence-electron chi connectivity index (χ2n) is 10.9. The fourth-order valence-corrected chi connectivity index (χ4v) is 4.11. The predicted octanol–water partition coefficient (Wildman–Crippen LogP) is 7.87. The third-order valence-corrected chi connectivity index (χ3v) is 6.09. The lowest BCUT2D eigenvalue weighted by atomic mass is 9.79. The minimum atomic E-state index is -0.356. The summed E-state index contributed by atoms with van der Waals surface area (Å²) in [5, 5.41) is 5.63. The van der Waals surface area contributed by atoms with Crippen LogP contribution in [0.25, 0.3) is 10.8 Å². The Kier molecular flexibility index (Phi) is 7.60. The number of unbranched alkanes of at least 4 members (excludes halogenated alkanes) is 1. The summed E-state index contributed by atoms with van der Waals surface area (Å²) in [4.78, 5) is 13.7. The van der Waals surface area contributed by atoms with Crippen molar-refractivity contribution in [3.8, 4) is 11.5 Å². The first-order valence-corrected chi connectivity index (χ1v) is 12.2. The zero-order valence-corrected chi connectivity index (χ0v) is 22.0. The molecule has 0 heterocycles. The molecule has 0 bridgehead atoms. The van der Waals surface area contributed by atoms with Crippen LogP contribution in [0.5, 0.6) is 11.5 Å². The maximum absolute atomic E-state index is 13.7. The summed E-state index contributed by atoms with van der Waals surface area (Å²) in [6.07, 6.45) is 2.10. The summed E-state index contributed by atoms with van der Waals surface area (Å²) >= 11 is 0. The maximum Gasteiger partial charge on any atom is 0.345 e. The minimum absolute atomic E-state index is 0.240. The number of ether oxygens (including phenoxy) is 2. The van der Waals surface area contributed by atoms with Gasteiger partial charge in [0.25, 0.3) is 0 Å². The lowest BCUT2D eigenvalue weighted by molar-refractivity contribution is 0.0729. The summed E-state index contributed by atoms with van der Waals surface area (Å²) < 4.78 is 11.9. The monoisotopic (exact) mass is 461 g/mol. The second kappa shape index (κ2) is 10.1. The number of methoxy groups -OCH3 is 1. The van der Waals surface area contributed by atoms with E-state index in [4.69, 9.17) is 9.47 Å². The van der Waals surface area contributed by atoms with Crippen LogP contribution < -0.4 is 14.8 Å². The van der Waals surface area contributed by atoms with Crippen LogP contribution >= 0.6 is 0 Å². The molecule has 0 saturated heterocycles.